The zero-order chi connectivity index (χ0) is 11.4. The van der Waals surface area contributed by atoms with Crippen molar-refractivity contribution in [3.63, 3.8) is 0 Å². The number of H-pyrrole nitrogens is 1. The average Bonchev–Trinajstić information content (AvgIpc) is 2.82. The number of aromatic nitrogens is 3. The van der Waals surface area contributed by atoms with Gasteiger partial charge in [0.05, 0.1) is 12.3 Å². The molecule has 1 aliphatic rings. The number of hydrogen-bond donors (Lipinski definition) is 1. The van der Waals surface area contributed by atoms with E-state index in [4.69, 9.17) is 4.74 Å². The van der Waals surface area contributed by atoms with Gasteiger partial charge >= 0.3 is 0 Å². The third-order valence-electron chi connectivity index (χ3n) is 2.70. The molecule has 1 saturated heterocycles. The molecule has 16 heavy (non-hydrogen) atoms. The standard InChI is InChI=1S/C10H16N4O2/c1-2-16-8-4-3-5-14(7-8)10(15)9-6-11-13-12-9/h6,8H,2-5,7H2,1H3,(H,11,12,13). The van der Waals surface area contributed by atoms with E-state index in [0.717, 1.165) is 19.4 Å². The smallest absolute Gasteiger partial charge is 0.276 e. The highest BCUT2D eigenvalue weighted by molar-refractivity contribution is 5.91. The maximum absolute atomic E-state index is 12.0. The second kappa shape index (κ2) is 5.07. The highest BCUT2D eigenvalue weighted by Crippen LogP contribution is 2.14. The maximum atomic E-state index is 12.0. The van der Waals surface area contributed by atoms with Crippen LogP contribution in [0.25, 0.3) is 0 Å². The molecule has 1 aliphatic heterocycles. The zero-order valence-electron chi connectivity index (χ0n) is 9.35. The first-order valence-electron chi connectivity index (χ1n) is 5.58. The monoisotopic (exact) mass is 224 g/mol. The van der Waals surface area contributed by atoms with Crippen LogP contribution in [0.4, 0.5) is 0 Å². The molecule has 0 aromatic carbocycles. The summed E-state index contributed by atoms with van der Waals surface area (Å²) in [6.45, 7) is 4.09. The summed E-state index contributed by atoms with van der Waals surface area (Å²) in [5, 5.41) is 9.88. The molecule has 0 aliphatic carbocycles. The molecule has 1 N–H and O–H groups in total. The van der Waals surface area contributed by atoms with Gasteiger partial charge in [-0.2, -0.15) is 15.4 Å². The minimum absolute atomic E-state index is 0.0712. The zero-order valence-corrected chi connectivity index (χ0v) is 9.35. The molecule has 1 aromatic rings. The summed E-state index contributed by atoms with van der Waals surface area (Å²) in [6, 6.07) is 0. The van der Waals surface area contributed by atoms with Gasteiger partial charge in [-0.1, -0.05) is 0 Å². The number of piperidine rings is 1. The Bertz CT molecular complexity index is 337. The van der Waals surface area contributed by atoms with E-state index in [1.165, 1.54) is 6.20 Å². The van der Waals surface area contributed by atoms with Crippen molar-refractivity contribution in [2.45, 2.75) is 25.9 Å². The molecule has 0 spiro atoms. The lowest BCUT2D eigenvalue weighted by molar-refractivity contribution is 0.00703. The molecule has 2 rings (SSSR count). The Kier molecular flexibility index (Phi) is 3.51. The molecule has 1 fully saturated rings. The van der Waals surface area contributed by atoms with Gasteiger partial charge in [-0.25, -0.2) is 0 Å². The third kappa shape index (κ3) is 2.38. The van der Waals surface area contributed by atoms with Gasteiger partial charge in [-0.15, -0.1) is 0 Å². The van der Waals surface area contributed by atoms with Gasteiger partial charge in [-0.3, -0.25) is 4.79 Å². The molecule has 6 nitrogen and oxygen atoms in total. The van der Waals surface area contributed by atoms with Crippen LogP contribution in [0.5, 0.6) is 0 Å². The van der Waals surface area contributed by atoms with Gasteiger partial charge < -0.3 is 9.64 Å². The van der Waals surface area contributed by atoms with Crippen molar-refractivity contribution in [2.75, 3.05) is 19.7 Å². The summed E-state index contributed by atoms with van der Waals surface area (Å²) in [7, 11) is 0. The molecule has 0 bridgehead atoms. The first-order chi connectivity index (χ1) is 7.81. The Balaban J connectivity index is 1.96. The minimum Gasteiger partial charge on any atom is -0.377 e. The molecular formula is C10H16N4O2. The quantitative estimate of drug-likeness (QED) is 0.809. The third-order valence-corrected chi connectivity index (χ3v) is 2.70. The van der Waals surface area contributed by atoms with Gasteiger partial charge in [0.1, 0.15) is 0 Å². The molecule has 1 amide bonds. The predicted molar refractivity (Wildman–Crippen MR) is 56.9 cm³/mol. The summed E-state index contributed by atoms with van der Waals surface area (Å²) in [6.07, 6.45) is 3.62. The van der Waals surface area contributed by atoms with Crippen LogP contribution < -0.4 is 0 Å². The van der Waals surface area contributed by atoms with Gasteiger partial charge in [0, 0.05) is 19.7 Å². The van der Waals surface area contributed by atoms with Crippen LogP contribution in [0.15, 0.2) is 6.20 Å². The Morgan fingerprint density at radius 3 is 3.31 bits per heavy atom. The van der Waals surface area contributed by atoms with Crippen LogP contribution in [-0.2, 0) is 4.74 Å². The van der Waals surface area contributed by atoms with E-state index in [1.807, 2.05) is 6.92 Å². The average molecular weight is 224 g/mol. The van der Waals surface area contributed by atoms with Gasteiger partial charge in [0.15, 0.2) is 5.69 Å². The summed E-state index contributed by atoms with van der Waals surface area (Å²) >= 11 is 0. The Hall–Kier alpha value is -1.43. The van der Waals surface area contributed by atoms with Crippen LogP contribution in [-0.4, -0.2) is 52.0 Å². The van der Waals surface area contributed by atoms with Crippen LogP contribution in [0.3, 0.4) is 0 Å². The molecule has 1 unspecified atom stereocenters. The number of carbonyl (C=O) groups excluding carboxylic acids is 1. The van der Waals surface area contributed by atoms with E-state index in [0.29, 0.717) is 18.8 Å². The first-order valence-corrected chi connectivity index (χ1v) is 5.58. The number of hydrogen-bond acceptors (Lipinski definition) is 4. The molecule has 1 aromatic heterocycles. The molecular weight excluding hydrogens is 208 g/mol. The van der Waals surface area contributed by atoms with Gasteiger partial charge in [-0.05, 0) is 19.8 Å². The Morgan fingerprint density at radius 1 is 1.75 bits per heavy atom. The topological polar surface area (TPSA) is 71.1 Å². The van der Waals surface area contributed by atoms with Gasteiger partial charge in [0.25, 0.3) is 5.91 Å². The van der Waals surface area contributed by atoms with E-state index in [1.54, 1.807) is 4.90 Å². The van der Waals surface area contributed by atoms with E-state index in [-0.39, 0.29) is 12.0 Å². The van der Waals surface area contributed by atoms with Crippen molar-refractivity contribution in [3.8, 4) is 0 Å². The summed E-state index contributed by atoms with van der Waals surface area (Å²) in [5.41, 5.74) is 0.372. The number of amides is 1. The lowest BCUT2D eigenvalue weighted by Crippen LogP contribution is -2.43. The molecule has 2 heterocycles. The fraction of sp³-hybridized carbons (Fsp3) is 0.700. The van der Waals surface area contributed by atoms with E-state index < -0.39 is 0 Å². The number of aromatic amines is 1. The number of nitrogens with one attached hydrogen (secondary N) is 1. The Labute approximate surface area is 94.0 Å². The van der Waals surface area contributed by atoms with E-state index in [9.17, 15) is 4.79 Å². The normalized spacial score (nSPS) is 21.1. The summed E-state index contributed by atoms with van der Waals surface area (Å²) in [4.78, 5) is 13.7. The molecule has 6 heteroatoms. The second-order valence-corrected chi connectivity index (χ2v) is 3.83. The summed E-state index contributed by atoms with van der Waals surface area (Å²) in [5.74, 6) is -0.0712. The molecule has 88 valence electrons. The fourth-order valence-electron chi connectivity index (χ4n) is 1.96. The van der Waals surface area contributed by atoms with Crippen LogP contribution in [0.2, 0.25) is 0 Å². The molecule has 0 radical (unpaired) electrons. The maximum Gasteiger partial charge on any atom is 0.276 e. The fourth-order valence-corrected chi connectivity index (χ4v) is 1.96. The van der Waals surface area contributed by atoms with Gasteiger partial charge in [0.2, 0.25) is 0 Å². The number of nitrogens with zero attached hydrogens (tertiary/aromatic N) is 3. The SMILES string of the molecule is CCOC1CCCN(C(=O)c2cn[nH]n2)C1. The van der Waals surface area contributed by atoms with Crippen molar-refractivity contribution >= 4 is 5.91 Å². The Morgan fingerprint density at radius 2 is 2.62 bits per heavy atom. The number of carbonyl (C=O) groups is 1. The highest BCUT2D eigenvalue weighted by Gasteiger charge is 2.25. The second-order valence-electron chi connectivity index (χ2n) is 3.83. The van der Waals surface area contributed by atoms with Crippen LogP contribution in [0, 0.1) is 0 Å². The van der Waals surface area contributed by atoms with E-state index >= 15 is 0 Å². The lowest BCUT2D eigenvalue weighted by atomic mass is 10.1. The minimum atomic E-state index is -0.0712. The van der Waals surface area contributed by atoms with Crippen molar-refractivity contribution < 1.29 is 9.53 Å². The predicted octanol–water partition coefficient (Wildman–Crippen LogP) is 0.446. The molecule has 1 atom stereocenters. The van der Waals surface area contributed by atoms with Crippen molar-refractivity contribution in [2.24, 2.45) is 0 Å². The van der Waals surface area contributed by atoms with Crippen LogP contribution >= 0.6 is 0 Å². The van der Waals surface area contributed by atoms with Crippen molar-refractivity contribution in [3.05, 3.63) is 11.9 Å². The lowest BCUT2D eigenvalue weighted by Gasteiger charge is -2.31. The van der Waals surface area contributed by atoms with Crippen LogP contribution in [0.1, 0.15) is 30.3 Å². The number of likely N-dealkylation sites (tertiary alicyclic amines) is 1. The highest BCUT2D eigenvalue weighted by atomic mass is 16.5. The largest absolute Gasteiger partial charge is 0.377 e. The van der Waals surface area contributed by atoms with Crippen molar-refractivity contribution in [1.29, 1.82) is 0 Å². The molecule has 0 saturated carbocycles. The van der Waals surface area contributed by atoms with E-state index in [2.05, 4.69) is 15.4 Å². The van der Waals surface area contributed by atoms with Crippen molar-refractivity contribution in [1.82, 2.24) is 20.3 Å². The summed E-state index contributed by atoms with van der Waals surface area (Å²) < 4.78 is 5.54. The first kappa shape index (κ1) is 11.1. The number of ether oxygens (including phenoxy) is 1. The number of rotatable bonds is 3.